The molecule has 1 amide bonds. The molecule has 2 nitrogen and oxygen atoms in total. The number of nitrogens with one attached hydrogen (secondary N) is 1. The van der Waals surface area contributed by atoms with Gasteiger partial charge in [-0.2, -0.15) is 0 Å². The highest BCUT2D eigenvalue weighted by atomic mass is 35.5. The minimum atomic E-state index is -0.0558. The van der Waals surface area contributed by atoms with Crippen LogP contribution in [0.3, 0.4) is 0 Å². The highest BCUT2D eigenvalue weighted by Crippen LogP contribution is 2.23. The summed E-state index contributed by atoms with van der Waals surface area (Å²) in [7, 11) is 0. The van der Waals surface area contributed by atoms with Crippen molar-refractivity contribution in [2.75, 3.05) is 11.1 Å². The van der Waals surface area contributed by atoms with E-state index in [1.165, 1.54) is 0 Å². The largest absolute Gasteiger partial charge is 0.324 e. The lowest BCUT2D eigenvalue weighted by Crippen LogP contribution is -2.14. The van der Waals surface area contributed by atoms with Crippen molar-refractivity contribution in [1.82, 2.24) is 0 Å². The molecule has 0 saturated carbocycles. The summed E-state index contributed by atoms with van der Waals surface area (Å²) in [6.45, 7) is 1.96. The van der Waals surface area contributed by atoms with Gasteiger partial charge in [-0.1, -0.05) is 41.4 Å². The first-order valence-electron chi connectivity index (χ1n) is 6.43. The summed E-state index contributed by atoms with van der Waals surface area (Å²) < 4.78 is 0. The molecule has 0 bridgehead atoms. The first-order valence-corrected chi connectivity index (χ1v) is 8.34. The smallest absolute Gasteiger partial charge is 0.234 e. The van der Waals surface area contributed by atoms with E-state index in [0.29, 0.717) is 16.5 Å². The quantitative estimate of drug-likeness (QED) is 0.813. The van der Waals surface area contributed by atoms with Crippen LogP contribution in [-0.4, -0.2) is 11.7 Å². The van der Waals surface area contributed by atoms with Gasteiger partial charge in [-0.3, -0.25) is 4.79 Å². The van der Waals surface area contributed by atoms with Gasteiger partial charge >= 0.3 is 0 Å². The average Bonchev–Trinajstić information content (AvgIpc) is 2.44. The summed E-state index contributed by atoms with van der Waals surface area (Å²) in [5.74, 6) is 1.10. The van der Waals surface area contributed by atoms with Crippen molar-refractivity contribution in [2.45, 2.75) is 12.7 Å². The van der Waals surface area contributed by atoms with Crippen molar-refractivity contribution in [2.24, 2.45) is 0 Å². The lowest BCUT2D eigenvalue weighted by molar-refractivity contribution is -0.113. The van der Waals surface area contributed by atoms with Crippen molar-refractivity contribution < 1.29 is 4.79 Å². The number of halogens is 2. The fraction of sp³-hybridized carbons (Fsp3) is 0.188. The fourth-order valence-corrected chi connectivity index (χ4v) is 2.95. The van der Waals surface area contributed by atoms with Gasteiger partial charge in [0.25, 0.3) is 0 Å². The van der Waals surface area contributed by atoms with Gasteiger partial charge in [0.15, 0.2) is 0 Å². The van der Waals surface area contributed by atoms with Gasteiger partial charge in [-0.05, 0) is 42.3 Å². The molecule has 0 unspecified atom stereocenters. The summed E-state index contributed by atoms with van der Waals surface area (Å²) in [6, 6.07) is 13.2. The molecule has 0 saturated heterocycles. The van der Waals surface area contributed by atoms with E-state index in [4.69, 9.17) is 23.2 Å². The maximum absolute atomic E-state index is 11.9. The Hall–Kier alpha value is -1.16. The number of hydrogen-bond donors (Lipinski definition) is 1. The summed E-state index contributed by atoms with van der Waals surface area (Å²) in [5, 5.41) is 4.10. The van der Waals surface area contributed by atoms with Crippen molar-refractivity contribution in [3.8, 4) is 0 Å². The molecule has 0 heterocycles. The Morgan fingerprint density at radius 2 is 1.86 bits per heavy atom. The van der Waals surface area contributed by atoms with Crippen LogP contribution in [0.5, 0.6) is 0 Å². The van der Waals surface area contributed by atoms with Crippen molar-refractivity contribution in [3.63, 3.8) is 0 Å². The standard InChI is InChI=1S/C16H15Cl2NOS/c1-11-2-7-15(14(18)8-11)19-16(20)10-21-9-12-3-5-13(17)6-4-12/h2-8H,9-10H2,1H3,(H,19,20). The number of carbonyl (C=O) groups is 1. The number of anilines is 1. The molecule has 2 aromatic carbocycles. The van der Waals surface area contributed by atoms with Crippen molar-refractivity contribution in [1.29, 1.82) is 0 Å². The summed E-state index contributed by atoms with van der Waals surface area (Å²) >= 11 is 13.5. The number of aryl methyl sites for hydroxylation is 1. The minimum absolute atomic E-state index is 0.0558. The van der Waals surface area contributed by atoms with Crippen molar-refractivity contribution in [3.05, 3.63) is 63.6 Å². The molecule has 0 fully saturated rings. The van der Waals surface area contributed by atoms with E-state index in [-0.39, 0.29) is 5.91 Å². The zero-order valence-corrected chi connectivity index (χ0v) is 13.9. The first kappa shape index (κ1) is 16.2. The normalized spacial score (nSPS) is 10.4. The zero-order chi connectivity index (χ0) is 15.2. The van der Waals surface area contributed by atoms with Crippen LogP contribution in [-0.2, 0) is 10.5 Å². The molecule has 110 valence electrons. The van der Waals surface area contributed by atoms with Gasteiger partial charge in [0.1, 0.15) is 0 Å². The van der Waals surface area contributed by atoms with Gasteiger partial charge in [0.2, 0.25) is 5.91 Å². The maximum Gasteiger partial charge on any atom is 0.234 e. The Labute approximate surface area is 138 Å². The number of benzene rings is 2. The Kier molecular flexibility index (Phi) is 5.97. The Morgan fingerprint density at radius 1 is 1.14 bits per heavy atom. The van der Waals surface area contributed by atoms with Gasteiger partial charge in [0.05, 0.1) is 16.5 Å². The number of amides is 1. The van der Waals surface area contributed by atoms with E-state index in [1.807, 2.05) is 49.4 Å². The molecule has 0 aliphatic rings. The molecule has 0 radical (unpaired) electrons. The van der Waals surface area contributed by atoms with Gasteiger partial charge < -0.3 is 5.32 Å². The third kappa shape index (κ3) is 5.27. The summed E-state index contributed by atoms with van der Waals surface area (Å²) in [4.78, 5) is 11.9. The highest BCUT2D eigenvalue weighted by molar-refractivity contribution is 7.99. The van der Waals surface area contributed by atoms with E-state index in [1.54, 1.807) is 11.8 Å². The maximum atomic E-state index is 11.9. The molecule has 2 rings (SSSR count). The van der Waals surface area contributed by atoms with Gasteiger partial charge in [-0.25, -0.2) is 0 Å². The van der Waals surface area contributed by atoms with Crippen LogP contribution in [0.2, 0.25) is 10.0 Å². The lowest BCUT2D eigenvalue weighted by Gasteiger charge is -2.08. The Bertz CT molecular complexity index is 629. The van der Waals surface area contributed by atoms with Crippen LogP contribution in [0.25, 0.3) is 0 Å². The van der Waals surface area contributed by atoms with E-state index in [0.717, 1.165) is 21.9 Å². The van der Waals surface area contributed by atoms with Crippen molar-refractivity contribution >= 4 is 46.6 Å². The van der Waals surface area contributed by atoms with Crippen LogP contribution in [0.1, 0.15) is 11.1 Å². The molecule has 1 N–H and O–H groups in total. The Balaban J connectivity index is 1.81. The topological polar surface area (TPSA) is 29.1 Å². The summed E-state index contributed by atoms with van der Waals surface area (Å²) in [5.41, 5.74) is 2.86. The lowest BCUT2D eigenvalue weighted by atomic mass is 10.2. The van der Waals surface area contributed by atoms with Crippen LogP contribution in [0.15, 0.2) is 42.5 Å². The van der Waals surface area contributed by atoms with Crippen LogP contribution >= 0.6 is 35.0 Å². The van der Waals surface area contributed by atoms with Crippen LogP contribution < -0.4 is 5.32 Å². The van der Waals surface area contributed by atoms with Crippen LogP contribution in [0.4, 0.5) is 5.69 Å². The monoisotopic (exact) mass is 339 g/mol. The second-order valence-corrected chi connectivity index (χ2v) is 6.48. The number of rotatable bonds is 5. The highest BCUT2D eigenvalue weighted by Gasteiger charge is 2.06. The molecule has 0 aliphatic heterocycles. The second-order valence-electron chi connectivity index (χ2n) is 4.65. The molecule has 5 heteroatoms. The number of hydrogen-bond acceptors (Lipinski definition) is 2. The summed E-state index contributed by atoms with van der Waals surface area (Å²) in [6.07, 6.45) is 0. The molecule has 21 heavy (non-hydrogen) atoms. The zero-order valence-electron chi connectivity index (χ0n) is 11.5. The minimum Gasteiger partial charge on any atom is -0.324 e. The molecule has 2 aromatic rings. The third-order valence-corrected chi connectivity index (χ3v) is 4.38. The molecule has 0 atom stereocenters. The molecular weight excluding hydrogens is 325 g/mol. The Morgan fingerprint density at radius 3 is 2.52 bits per heavy atom. The molecule has 0 spiro atoms. The van der Waals surface area contributed by atoms with E-state index in [2.05, 4.69) is 5.32 Å². The molecule has 0 aliphatic carbocycles. The third-order valence-electron chi connectivity index (χ3n) is 2.81. The van der Waals surface area contributed by atoms with E-state index >= 15 is 0 Å². The number of carbonyl (C=O) groups excluding carboxylic acids is 1. The number of thioether (sulfide) groups is 1. The SMILES string of the molecule is Cc1ccc(NC(=O)CSCc2ccc(Cl)cc2)c(Cl)c1. The predicted molar refractivity (Wildman–Crippen MR) is 92.4 cm³/mol. The van der Waals surface area contributed by atoms with Gasteiger partial charge in [-0.15, -0.1) is 11.8 Å². The van der Waals surface area contributed by atoms with E-state index < -0.39 is 0 Å². The first-order chi connectivity index (χ1) is 10.0. The van der Waals surface area contributed by atoms with Gasteiger partial charge in [0, 0.05) is 10.8 Å². The molecular formula is C16H15Cl2NOS. The average molecular weight is 340 g/mol. The second kappa shape index (κ2) is 7.74. The molecule has 0 aromatic heterocycles. The van der Waals surface area contributed by atoms with E-state index in [9.17, 15) is 4.79 Å². The fourth-order valence-electron chi connectivity index (χ4n) is 1.75. The predicted octanol–water partition coefficient (Wildman–Crippen LogP) is 5.17. The van der Waals surface area contributed by atoms with Crippen LogP contribution in [0, 0.1) is 6.92 Å².